The van der Waals surface area contributed by atoms with Crippen LogP contribution in [0.2, 0.25) is 0 Å². The third-order valence-corrected chi connectivity index (χ3v) is 5.56. The van der Waals surface area contributed by atoms with Crippen LogP contribution in [0.15, 0.2) is 23.2 Å². The molecule has 1 aromatic rings. The van der Waals surface area contributed by atoms with Crippen LogP contribution in [-0.2, 0) is 22.6 Å². The first-order valence-corrected chi connectivity index (χ1v) is 10.2. The summed E-state index contributed by atoms with van der Waals surface area (Å²) in [6.45, 7) is 6.10. The van der Waals surface area contributed by atoms with Gasteiger partial charge in [0.15, 0.2) is 5.96 Å². The number of guanidine groups is 1. The largest absolute Gasteiger partial charge is 0.381 e. The fourth-order valence-electron chi connectivity index (χ4n) is 3.93. The predicted molar refractivity (Wildman–Crippen MR) is 109 cm³/mol. The highest BCUT2D eigenvalue weighted by atomic mass is 19.1. The molecule has 2 saturated heterocycles. The number of benzene rings is 1. The van der Waals surface area contributed by atoms with Gasteiger partial charge in [-0.15, -0.1) is 0 Å². The molecule has 28 heavy (non-hydrogen) atoms. The molecule has 0 amide bonds. The lowest BCUT2D eigenvalue weighted by Gasteiger charge is -2.34. The van der Waals surface area contributed by atoms with Gasteiger partial charge in [0.1, 0.15) is 5.82 Å². The molecule has 156 valence electrons. The van der Waals surface area contributed by atoms with E-state index in [9.17, 15) is 4.39 Å². The van der Waals surface area contributed by atoms with E-state index >= 15 is 0 Å². The number of methoxy groups -OCH3 is 1. The Morgan fingerprint density at radius 1 is 1.32 bits per heavy atom. The van der Waals surface area contributed by atoms with E-state index in [1.165, 1.54) is 12.5 Å². The highest BCUT2D eigenvalue weighted by Crippen LogP contribution is 2.18. The quantitative estimate of drug-likeness (QED) is 0.550. The van der Waals surface area contributed by atoms with Gasteiger partial charge in [-0.05, 0) is 42.9 Å². The molecule has 1 atom stereocenters. The minimum atomic E-state index is -0.232. The molecule has 2 N–H and O–H groups in total. The summed E-state index contributed by atoms with van der Waals surface area (Å²) in [5, 5.41) is 6.87. The number of halogens is 1. The zero-order valence-electron chi connectivity index (χ0n) is 17.0. The third-order valence-electron chi connectivity index (χ3n) is 5.56. The minimum Gasteiger partial charge on any atom is -0.381 e. The topological polar surface area (TPSA) is 58.1 Å². The maximum atomic E-state index is 13.7. The van der Waals surface area contributed by atoms with E-state index in [0.717, 1.165) is 57.2 Å². The maximum absolute atomic E-state index is 13.7. The van der Waals surface area contributed by atoms with Crippen LogP contribution in [0, 0.1) is 11.7 Å². The van der Waals surface area contributed by atoms with Gasteiger partial charge < -0.3 is 25.0 Å². The number of piperidine rings is 1. The number of likely N-dealkylation sites (tertiary alicyclic amines) is 1. The number of nitrogens with one attached hydrogen (secondary N) is 2. The third kappa shape index (κ3) is 6.15. The zero-order chi connectivity index (χ0) is 19.8. The standard InChI is InChI=1S/C21H33FN4O2/c1-23-21(24-12-16-3-4-20(22)18(11-16)15-27-2)25-19-5-8-26(9-6-19)13-17-7-10-28-14-17/h3-4,11,17,19H,5-10,12-15H2,1-2H3,(H2,23,24,25). The molecule has 0 spiro atoms. The summed E-state index contributed by atoms with van der Waals surface area (Å²) in [6, 6.07) is 5.55. The molecule has 2 aliphatic rings. The van der Waals surface area contributed by atoms with Crippen molar-refractivity contribution in [2.24, 2.45) is 10.9 Å². The Morgan fingerprint density at radius 3 is 2.82 bits per heavy atom. The van der Waals surface area contributed by atoms with Crippen molar-refractivity contribution in [3.8, 4) is 0 Å². The summed E-state index contributed by atoms with van der Waals surface area (Å²) in [6.07, 6.45) is 3.43. The molecule has 0 bridgehead atoms. The molecular formula is C21H33FN4O2. The van der Waals surface area contributed by atoms with Gasteiger partial charge in [-0.25, -0.2) is 4.39 Å². The Morgan fingerprint density at radius 2 is 2.14 bits per heavy atom. The van der Waals surface area contributed by atoms with E-state index in [1.807, 2.05) is 6.07 Å². The lowest BCUT2D eigenvalue weighted by Crippen LogP contribution is -2.49. The van der Waals surface area contributed by atoms with Crippen molar-refractivity contribution in [3.63, 3.8) is 0 Å². The zero-order valence-corrected chi connectivity index (χ0v) is 17.0. The minimum absolute atomic E-state index is 0.232. The molecule has 6 nitrogen and oxygen atoms in total. The van der Waals surface area contributed by atoms with Gasteiger partial charge in [-0.3, -0.25) is 4.99 Å². The Bertz CT molecular complexity index is 641. The van der Waals surface area contributed by atoms with Crippen LogP contribution < -0.4 is 10.6 Å². The first-order chi connectivity index (χ1) is 13.7. The van der Waals surface area contributed by atoms with Crippen LogP contribution in [0.3, 0.4) is 0 Å². The molecule has 7 heteroatoms. The summed E-state index contributed by atoms with van der Waals surface area (Å²) in [4.78, 5) is 6.90. The summed E-state index contributed by atoms with van der Waals surface area (Å²) >= 11 is 0. The highest BCUT2D eigenvalue weighted by molar-refractivity contribution is 5.79. The van der Waals surface area contributed by atoms with Crippen molar-refractivity contribution in [2.75, 3.05) is 47.0 Å². The van der Waals surface area contributed by atoms with Crippen molar-refractivity contribution in [1.29, 1.82) is 0 Å². The van der Waals surface area contributed by atoms with E-state index in [0.29, 0.717) is 24.1 Å². The number of ether oxygens (including phenoxy) is 2. The number of hydrogen-bond acceptors (Lipinski definition) is 4. The van der Waals surface area contributed by atoms with Crippen LogP contribution in [0.5, 0.6) is 0 Å². The van der Waals surface area contributed by atoms with Crippen molar-refractivity contribution >= 4 is 5.96 Å². The van der Waals surface area contributed by atoms with Crippen molar-refractivity contribution in [2.45, 2.75) is 38.5 Å². The Hall–Kier alpha value is -1.70. The molecule has 0 saturated carbocycles. The SMILES string of the molecule is CN=C(NCc1ccc(F)c(COC)c1)NC1CCN(CC2CCOC2)CC1. The molecule has 0 aromatic heterocycles. The fraction of sp³-hybridized carbons (Fsp3) is 0.667. The summed E-state index contributed by atoms with van der Waals surface area (Å²) < 4.78 is 24.3. The summed E-state index contributed by atoms with van der Waals surface area (Å²) in [5.74, 6) is 1.27. The lowest BCUT2D eigenvalue weighted by atomic mass is 10.0. The number of aliphatic imine (C=N–C) groups is 1. The van der Waals surface area contributed by atoms with Crippen LogP contribution in [-0.4, -0.2) is 63.9 Å². The highest BCUT2D eigenvalue weighted by Gasteiger charge is 2.24. The molecule has 3 rings (SSSR count). The molecule has 2 aliphatic heterocycles. The Labute approximate surface area is 167 Å². The number of nitrogens with zero attached hydrogens (tertiary/aromatic N) is 2. The maximum Gasteiger partial charge on any atom is 0.191 e. The number of hydrogen-bond donors (Lipinski definition) is 2. The molecule has 1 unspecified atom stereocenters. The van der Waals surface area contributed by atoms with Gasteiger partial charge in [-0.2, -0.15) is 0 Å². The van der Waals surface area contributed by atoms with Crippen molar-refractivity contribution in [3.05, 3.63) is 35.1 Å². The number of rotatable bonds is 7. The van der Waals surface area contributed by atoms with E-state index < -0.39 is 0 Å². The predicted octanol–water partition coefficient (Wildman–Crippen LogP) is 2.14. The van der Waals surface area contributed by atoms with E-state index in [2.05, 4.69) is 20.5 Å². The smallest absolute Gasteiger partial charge is 0.191 e. The molecule has 0 radical (unpaired) electrons. The lowest BCUT2D eigenvalue weighted by molar-refractivity contribution is 0.150. The van der Waals surface area contributed by atoms with Gasteiger partial charge in [0.05, 0.1) is 13.2 Å². The first-order valence-electron chi connectivity index (χ1n) is 10.2. The molecule has 2 heterocycles. The summed E-state index contributed by atoms with van der Waals surface area (Å²) in [7, 11) is 3.36. The van der Waals surface area contributed by atoms with Crippen molar-refractivity contribution in [1.82, 2.24) is 15.5 Å². The Kier molecular flexibility index (Phi) is 8.06. The normalized spacial score (nSPS) is 21.8. The van der Waals surface area contributed by atoms with E-state index in [-0.39, 0.29) is 12.4 Å². The summed E-state index contributed by atoms with van der Waals surface area (Å²) in [5.41, 5.74) is 1.58. The van der Waals surface area contributed by atoms with Gasteiger partial charge in [0, 0.05) is 58.5 Å². The van der Waals surface area contributed by atoms with Gasteiger partial charge >= 0.3 is 0 Å². The second-order valence-electron chi connectivity index (χ2n) is 7.73. The van der Waals surface area contributed by atoms with E-state index in [4.69, 9.17) is 9.47 Å². The van der Waals surface area contributed by atoms with Gasteiger partial charge in [-0.1, -0.05) is 6.07 Å². The molecule has 2 fully saturated rings. The average Bonchev–Trinajstić information content (AvgIpc) is 3.22. The second kappa shape index (κ2) is 10.7. The second-order valence-corrected chi connectivity index (χ2v) is 7.73. The van der Waals surface area contributed by atoms with Gasteiger partial charge in [0.2, 0.25) is 0 Å². The van der Waals surface area contributed by atoms with Crippen LogP contribution in [0.1, 0.15) is 30.4 Å². The first kappa shape index (κ1) is 21.0. The fourth-order valence-corrected chi connectivity index (χ4v) is 3.93. The van der Waals surface area contributed by atoms with Crippen LogP contribution in [0.4, 0.5) is 4.39 Å². The van der Waals surface area contributed by atoms with Crippen LogP contribution in [0.25, 0.3) is 0 Å². The molecule has 1 aromatic carbocycles. The molecular weight excluding hydrogens is 359 g/mol. The van der Waals surface area contributed by atoms with Crippen LogP contribution >= 0.6 is 0 Å². The monoisotopic (exact) mass is 392 g/mol. The van der Waals surface area contributed by atoms with Crippen molar-refractivity contribution < 1.29 is 13.9 Å². The molecule has 0 aliphatic carbocycles. The Balaban J connectivity index is 1.42. The average molecular weight is 393 g/mol. The van der Waals surface area contributed by atoms with E-state index in [1.54, 1.807) is 20.2 Å². The van der Waals surface area contributed by atoms with Gasteiger partial charge in [0.25, 0.3) is 0 Å².